The fourth-order valence-electron chi connectivity index (χ4n) is 1.27. The summed E-state index contributed by atoms with van der Waals surface area (Å²) in [5.74, 6) is 0.269. The fourth-order valence-corrected chi connectivity index (χ4v) is 2.10. The van der Waals surface area contributed by atoms with Crippen molar-refractivity contribution < 1.29 is 9.67 Å². The van der Waals surface area contributed by atoms with Crippen LogP contribution in [0.5, 0.6) is 5.75 Å². The van der Waals surface area contributed by atoms with Crippen LogP contribution in [0.2, 0.25) is 0 Å². The summed E-state index contributed by atoms with van der Waals surface area (Å²) in [4.78, 5) is 0. The van der Waals surface area contributed by atoms with E-state index in [-0.39, 0.29) is 11.5 Å². The molecular weight excluding hydrogens is 197 g/mol. The van der Waals surface area contributed by atoms with Crippen LogP contribution in [0.3, 0.4) is 0 Å². The van der Waals surface area contributed by atoms with E-state index in [1.54, 1.807) is 18.8 Å². The standard InChI is InChI=1S/C10H14NO2P/c1-11-10(14(2)13)7-8-3-5-9(12)6-4-8/h3-6,10-11H,7H2,1-2H3/p+1. The number of aromatic hydroxyl groups is 1. The lowest BCUT2D eigenvalue weighted by Crippen LogP contribution is -2.23. The van der Waals surface area contributed by atoms with Gasteiger partial charge in [0.1, 0.15) is 12.4 Å². The molecule has 0 bridgehead atoms. The molecule has 0 saturated carbocycles. The first kappa shape index (κ1) is 11.2. The van der Waals surface area contributed by atoms with Crippen molar-refractivity contribution in [2.45, 2.75) is 12.2 Å². The summed E-state index contributed by atoms with van der Waals surface area (Å²) in [6, 6.07) is 6.98. The van der Waals surface area contributed by atoms with Crippen molar-refractivity contribution in [3.63, 3.8) is 0 Å². The second-order valence-corrected chi connectivity index (χ2v) is 4.94. The zero-order chi connectivity index (χ0) is 10.6. The molecule has 14 heavy (non-hydrogen) atoms. The van der Waals surface area contributed by atoms with Crippen molar-refractivity contribution in [3.8, 4) is 5.75 Å². The Kier molecular flexibility index (Phi) is 4.05. The smallest absolute Gasteiger partial charge is 0.354 e. The Morgan fingerprint density at radius 2 is 2.00 bits per heavy atom. The fraction of sp³-hybridized carbons (Fsp3) is 0.400. The average molecular weight is 212 g/mol. The maximum Gasteiger partial charge on any atom is 0.354 e. The highest BCUT2D eigenvalue weighted by molar-refractivity contribution is 7.44. The molecular formula is C10H15NO2P+. The van der Waals surface area contributed by atoms with E-state index >= 15 is 0 Å². The molecule has 1 rings (SSSR count). The lowest BCUT2D eigenvalue weighted by molar-refractivity contribution is 0.475. The Balaban J connectivity index is 2.67. The Hall–Kier alpha value is -0.920. The van der Waals surface area contributed by atoms with Gasteiger partial charge in [-0.05, 0) is 24.7 Å². The molecule has 2 atom stereocenters. The molecule has 0 aliphatic carbocycles. The van der Waals surface area contributed by atoms with Crippen LogP contribution >= 0.6 is 7.80 Å². The van der Waals surface area contributed by atoms with Crippen LogP contribution in [-0.2, 0) is 11.0 Å². The third-order valence-corrected chi connectivity index (χ3v) is 3.46. The van der Waals surface area contributed by atoms with E-state index in [4.69, 9.17) is 5.11 Å². The van der Waals surface area contributed by atoms with Gasteiger partial charge in [-0.2, -0.15) is 0 Å². The van der Waals surface area contributed by atoms with E-state index in [1.807, 2.05) is 19.2 Å². The Bertz CT molecular complexity index is 310. The molecule has 76 valence electrons. The molecule has 0 spiro atoms. The predicted molar refractivity (Wildman–Crippen MR) is 58.2 cm³/mol. The average Bonchev–Trinajstić information content (AvgIpc) is 2.16. The van der Waals surface area contributed by atoms with Crippen LogP contribution in [0.4, 0.5) is 0 Å². The van der Waals surface area contributed by atoms with Crippen LogP contribution in [-0.4, -0.2) is 24.6 Å². The molecule has 3 nitrogen and oxygen atoms in total. The number of hydrogen-bond donors (Lipinski definition) is 2. The largest absolute Gasteiger partial charge is 0.508 e. The van der Waals surface area contributed by atoms with Crippen LogP contribution in [0, 0.1) is 0 Å². The maximum atomic E-state index is 11.3. The molecule has 0 aliphatic heterocycles. The lowest BCUT2D eigenvalue weighted by Gasteiger charge is -2.05. The van der Waals surface area contributed by atoms with Gasteiger partial charge in [-0.3, -0.25) is 5.32 Å². The third-order valence-electron chi connectivity index (χ3n) is 2.14. The maximum absolute atomic E-state index is 11.3. The minimum atomic E-state index is -1.22. The quantitative estimate of drug-likeness (QED) is 0.750. The van der Waals surface area contributed by atoms with Gasteiger partial charge in [-0.25, -0.2) is 0 Å². The van der Waals surface area contributed by atoms with Crippen molar-refractivity contribution in [3.05, 3.63) is 29.8 Å². The molecule has 0 heterocycles. The molecule has 0 saturated heterocycles. The van der Waals surface area contributed by atoms with Crippen molar-refractivity contribution in [1.82, 2.24) is 5.32 Å². The molecule has 0 radical (unpaired) electrons. The van der Waals surface area contributed by atoms with Gasteiger partial charge in [0.25, 0.3) is 0 Å². The van der Waals surface area contributed by atoms with E-state index in [9.17, 15) is 4.57 Å². The predicted octanol–water partition coefficient (Wildman–Crippen LogP) is 1.94. The summed E-state index contributed by atoms with van der Waals surface area (Å²) in [6.07, 6.45) is 0.725. The van der Waals surface area contributed by atoms with Gasteiger partial charge in [0, 0.05) is 6.42 Å². The summed E-state index contributed by atoms with van der Waals surface area (Å²) >= 11 is 0. The molecule has 0 fully saturated rings. The van der Waals surface area contributed by atoms with Crippen LogP contribution in [0.25, 0.3) is 0 Å². The number of rotatable bonds is 4. The van der Waals surface area contributed by atoms with Crippen molar-refractivity contribution >= 4 is 7.80 Å². The number of benzene rings is 1. The minimum Gasteiger partial charge on any atom is -0.508 e. The van der Waals surface area contributed by atoms with Gasteiger partial charge >= 0.3 is 7.80 Å². The second kappa shape index (κ2) is 5.08. The Labute approximate surface area is 84.9 Å². The molecule has 1 aromatic carbocycles. The number of phenols is 1. The number of hydrogen-bond acceptors (Lipinski definition) is 3. The van der Waals surface area contributed by atoms with Gasteiger partial charge in [-0.15, -0.1) is 0 Å². The van der Waals surface area contributed by atoms with E-state index in [1.165, 1.54) is 0 Å². The summed E-state index contributed by atoms with van der Waals surface area (Å²) in [6.45, 7) is 1.72. The van der Waals surface area contributed by atoms with Gasteiger partial charge < -0.3 is 5.11 Å². The van der Waals surface area contributed by atoms with Crippen molar-refractivity contribution in [2.24, 2.45) is 0 Å². The van der Waals surface area contributed by atoms with Gasteiger partial charge in [0.15, 0.2) is 0 Å². The zero-order valence-electron chi connectivity index (χ0n) is 8.40. The summed E-state index contributed by atoms with van der Waals surface area (Å²) in [5, 5.41) is 12.1. The normalized spacial score (nSPS) is 13.7. The summed E-state index contributed by atoms with van der Waals surface area (Å²) in [5.41, 5.74) is 1.08. The Morgan fingerprint density at radius 1 is 1.43 bits per heavy atom. The van der Waals surface area contributed by atoms with Crippen LogP contribution in [0.15, 0.2) is 24.3 Å². The second-order valence-electron chi connectivity index (χ2n) is 3.22. The number of likely N-dealkylation sites (N-methyl/N-ethyl adjacent to an activating group) is 1. The van der Waals surface area contributed by atoms with Gasteiger partial charge in [0.2, 0.25) is 5.78 Å². The SMILES string of the molecule is CNC(Cc1ccc(O)cc1)[P+](C)=O. The highest BCUT2D eigenvalue weighted by atomic mass is 31.1. The first-order chi connectivity index (χ1) is 6.63. The number of nitrogens with one attached hydrogen (secondary N) is 1. The topological polar surface area (TPSA) is 49.3 Å². The van der Waals surface area contributed by atoms with E-state index < -0.39 is 7.80 Å². The first-order valence-corrected chi connectivity index (χ1v) is 6.26. The highest BCUT2D eigenvalue weighted by Crippen LogP contribution is 2.24. The molecule has 0 aliphatic rings. The van der Waals surface area contributed by atoms with Crippen molar-refractivity contribution in [2.75, 3.05) is 13.7 Å². The number of phenolic OH excluding ortho intramolecular Hbond substituents is 1. The monoisotopic (exact) mass is 212 g/mol. The summed E-state index contributed by atoms with van der Waals surface area (Å²) < 4.78 is 11.3. The van der Waals surface area contributed by atoms with E-state index in [0.29, 0.717) is 0 Å². The molecule has 1 aromatic rings. The first-order valence-electron chi connectivity index (χ1n) is 4.48. The molecule has 2 N–H and O–H groups in total. The molecule has 2 unspecified atom stereocenters. The zero-order valence-corrected chi connectivity index (χ0v) is 9.29. The van der Waals surface area contributed by atoms with Crippen LogP contribution in [0.1, 0.15) is 5.56 Å². The Morgan fingerprint density at radius 3 is 2.43 bits per heavy atom. The van der Waals surface area contributed by atoms with E-state index in [0.717, 1.165) is 12.0 Å². The van der Waals surface area contributed by atoms with Gasteiger partial charge in [-0.1, -0.05) is 16.7 Å². The molecule has 0 aromatic heterocycles. The third kappa shape index (κ3) is 3.09. The lowest BCUT2D eigenvalue weighted by atomic mass is 10.1. The molecule has 4 heteroatoms. The van der Waals surface area contributed by atoms with Crippen molar-refractivity contribution in [1.29, 1.82) is 0 Å². The van der Waals surface area contributed by atoms with Gasteiger partial charge in [0.05, 0.1) is 0 Å². The minimum absolute atomic E-state index is 0.00884. The molecule has 0 amide bonds. The van der Waals surface area contributed by atoms with Crippen LogP contribution < -0.4 is 5.32 Å². The highest BCUT2D eigenvalue weighted by Gasteiger charge is 2.22. The van der Waals surface area contributed by atoms with E-state index in [2.05, 4.69) is 5.32 Å². The summed E-state index contributed by atoms with van der Waals surface area (Å²) in [7, 11) is 0.588.